The van der Waals surface area contributed by atoms with Crippen LogP contribution in [-0.2, 0) is 7.05 Å². The zero-order valence-corrected chi connectivity index (χ0v) is 9.93. The minimum absolute atomic E-state index is 0.158. The molecule has 2 aromatic heterocycles. The monoisotopic (exact) mass is 234 g/mol. The molecule has 0 fully saturated rings. The summed E-state index contributed by atoms with van der Waals surface area (Å²) in [6.45, 7) is 1.89. The van der Waals surface area contributed by atoms with Gasteiger partial charge in [0, 0.05) is 26.2 Å². The molecule has 0 saturated carbocycles. The van der Waals surface area contributed by atoms with Gasteiger partial charge in [-0.25, -0.2) is 4.68 Å². The highest BCUT2D eigenvalue weighted by molar-refractivity contribution is 5.43. The number of anilines is 2. The molecule has 0 aromatic carbocycles. The van der Waals surface area contributed by atoms with Crippen molar-refractivity contribution in [2.75, 3.05) is 18.1 Å². The Hall–Kier alpha value is -2.31. The van der Waals surface area contributed by atoms with Gasteiger partial charge in [-0.05, 0) is 6.92 Å². The van der Waals surface area contributed by atoms with Crippen LogP contribution in [0.15, 0.2) is 12.1 Å². The van der Waals surface area contributed by atoms with Crippen LogP contribution in [0.2, 0.25) is 0 Å². The second-order valence-corrected chi connectivity index (χ2v) is 3.55. The van der Waals surface area contributed by atoms with E-state index in [-0.39, 0.29) is 5.95 Å². The molecule has 17 heavy (non-hydrogen) atoms. The number of ether oxygens (including phenoxy) is 1. The summed E-state index contributed by atoms with van der Waals surface area (Å²) >= 11 is 0. The fourth-order valence-corrected chi connectivity index (χ4v) is 1.41. The molecule has 0 aliphatic heterocycles. The molecule has 0 bridgehead atoms. The molecular formula is C10H14N6O. The first-order valence-corrected chi connectivity index (χ1v) is 5.09. The lowest BCUT2D eigenvalue weighted by Crippen LogP contribution is -2.02. The minimum atomic E-state index is 0.158. The van der Waals surface area contributed by atoms with Gasteiger partial charge in [-0.3, -0.25) is 0 Å². The van der Waals surface area contributed by atoms with Gasteiger partial charge in [0.15, 0.2) is 0 Å². The fraction of sp³-hybridized carbons (Fsp3) is 0.300. The zero-order chi connectivity index (χ0) is 12.4. The first-order chi connectivity index (χ1) is 8.08. The van der Waals surface area contributed by atoms with Crippen molar-refractivity contribution in [2.24, 2.45) is 7.05 Å². The number of hydrogen-bond donors (Lipinski definition) is 2. The van der Waals surface area contributed by atoms with Crippen LogP contribution in [0.4, 0.5) is 11.8 Å². The van der Waals surface area contributed by atoms with Gasteiger partial charge in [-0.15, -0.1) is 0 Å². The summed E-state index contributed by atoms with van der Waals surface area (Å²) < 4.78 is 7.21. The average Bonchev–Trinajstić information content (AvgIpc) is 2.56. The standard InChI is InChI=1S/C10H14N6O/c1-6-4-9(16(3)15-6)17-8-5-7(12-2)13-10(11)14-8/h4-5H,1-3H3,(H3,11,12,13,14). The first-order valence-electron chi connectivity index (χ1n) is 5.09. The normalized spacial score (nSPS) is 10.3. The van der Waals surface area contributed by atoms with Crippen molar-refractivity contribution in [1.82, 2.24) is 19.7 Å². The van der Waals surface area contributed by atoms with E-state index in [0.717, 1.165) is 5.69 Å². The summed E-state index contributed by atoms with van der Waals surface area (Å²) in [6, 6.07) is 3.48. The number of rotatable bonds is 3. The lowest BCUT2D eigenvalue weighted by Gasteiger charge is -2.06. The Labute approximate surface area is 98.6 Å². The maximum absolute atomic E-state index is 5.58. The van der Waals surface area contributed by atoms with E-state index in [9.17, 15) is 0 Å². The molecule has 2 heterocycles. The van der Waals surface area contributed by atoms with E-state index in [2.05, 4.69) is 20.4 Å². The molecular weight excluding hydrogens is 220 g/mol. The van der Waals surface area contributed by atoms with Crippen LogP contribution in [0.1, 0.15) is 5.69 Å². The number of aryl methyl sites for hydroxylation is 2. The molecule has 0 radical (unpaired) electrons. The highest BCUT2D eigenvalue weighted by atomic mass is 16.5. The molecule has 2 rings (SSSR count). The molecule has 3 N–H and O–H groups in total. The molecule has 0 atom stereocenters. The number of nitrogens with zero attached hydrogens (tertiary/aromatic N) is 4. The second-order valence-electron chi connectivity index (χ2n) is 3.55. The Morgan fingerprint density at radius 2 is 2.12 bits per heavy atom. The molecule has 7 nitrogen and oxygen atoms in total. The van der Waals surface area contributed by atoms with Crippen molar-refractivity contribution < 1.29 is 4.74 Å². The summed E-state index contributed by atoms with van der Waals surface area (Å²) in [6.07, 6.45) is 0. The van der Waals surface area contributed by atoms with Crippen LogP contribution >= 0.6 is 0 Å². The summed E-state index contributed by atoms with van der Waals surface area (Å²) in [7, 11) is 3.55. The Morgan fingerprint density at radius 3 is 2.71 bits per heavy atom. The van der Waals surface area contributed by atoms with Crippen LogP contribution < -0.4 is 15.8 Å². The first kappa shape index (κ1) is 11.2. The highest BCUT2D eigenvalue weighted by Crippen LogP contribution is 2.22. The predicted molar refractivity (Wildman–Crippen MR) is 64.0 cm³/mol. The predicted octanol–water partition coefficient (Wildman–Crippen LogP) is 0.935. The molecule has 0 aliphatic rings. The molecule has 7 heteroatoms. The topological polar surface area (TPSA) is 90.9 Å². The van der Waals surface area contributed by atoms with E-state index in [1.54, 1.807) is 24.8 Å². The van der Waals surface area contributed by atoms with Crippen molar-refractivity contribution in [3.05, 3.63) is 17.8 Å². The minimum Gasteiger partial charge on any atom is -0.421 e. The third-order valence-corrected chi connectivity index (χ3v) is 2.14. The van der Waals surface area contributed by atoms with Gasteiger partial charge in [0.05, 0.1) is 5.69 Å². The smallest absolute Gasteiger partial charge is 0.228 e. The summed E-state index contributed by atoms with van der Waals surface area (Å²) in [5, 5.41) is 7.05. The molecule has 0 amide bonds. The van der Waals surface area contributed by atoms with Gasteiger partial charge in [-0.1, -0.05) is 0 Å². The summed E-state index contributed by atoms with van der Waals surface area (Å²) in [5.41, 5.74) is 6.44. The van der Waals surface area contributed by atoms with E-state index < -0.39 is 0 Å². The molecule has 0 saturated heterocycles. The van der Waals surface area contributed by atoms with E-state index in [1.807, 2.05) is 13.0 Å². The van der Waals surface area contributed by atoms with E-state index in [1.165, 1.54) is 0 Å². The number of aromatic nitrogens is 4. The molecule has 0 aliphatic carbocycles. The van der Waals surface area contributed by atoms with E-state index in [0.29, 0.717) is 17.6 Å². The van der Waals surface area contributed by atoms with Crippen LogP contribution in [0, 0.1) is 6.92 Å². The van der Waals surface area contributed by atoms with Crippen molar-refractivity contribution >= 4 is 11.8 Å². The quantitative estimate of drug-likeness (QED) is 0.821. The van der Waals surface area contributed by atoms with Crippen molar-refractivity contribution in [2.45, 2.75) is 6.92 Å². The third kappa shape index (κ3) is 2.44. The molecule has 90 valence electrons. The number of nitrogen functional groups attached to an aromatic ring is 1. The number of nitrogens with two attached hydrogens (primary N) is 1. The fourth-order valence-electron chi connectivity index (χ4n) is 1.41. The molecule has 0 spiro atoms. The number of hydrogen-bond acceptors (Lipinski definition) is 6. The van der Waals surface area contributed by atoms with Crippen molar-refractivity contribution in [3.63, 3.8) is 0 Å². The highest BCUT2D eigenvalue weighted by Gasteiger charge is 2.07. The van der Waals surface area contributed by atoms with Gasteiger partial charge >= 0.3 is 0 Å². The SMILES string of the molecule is CNc1cc(Oc2cc(C)nn2C)nc(N)n1. The maximum Gasteiger partial charge on any atom is 0.228 e. The Balaban J connectivity index is 2.29. The van der Waals surface area contributed by atoms with Crippen molar-refractivity contribution in [1.29, 1.82) is 0 Å². The molecule has 0 unspecified atom stereocenters. The van der Waals surface area contributed by atoms with E-state index in [4.69, 9.17) is 10.5 Å². The van der Waals surface area contributed by atoms with Crippen LogP contribution in [-0.4, -0.2) is 26.8 Å². The third-order valence-electron chi connectivity index (χ3n) is 2.14. The Morgan fingerprint density at radius 1 is 1.35 bits per heavy atom. The van der Waals surface area contributed by atoms with Gasteiger partial charge in [0.1, 0.15) is 5.82 Å². The Bertz CT molecular complexity index is 536. The lowest BCUT2D eigenvalue weighted by molar-refractivity contribution is 0.415. The van der Waals surface area contributed by atoms with Gasteiger partial charge in [0.25, 0.3) is 0 Å². The average molecular weight is 234 g/mol. The second kappa shape index (κ2) is 4.28. The summed E-state index contributed by atoms with van der Waals surface area (Å²) in [4.78, 5) is 7.97. The molecule has 2 aromatic rings. The zero-order valence-electron chi connectivity index (χ0n) is 9.93. The van der Waals surface area contributed by atoms with E-state index >= 15 is 0 Å². The van der Waals surface area contributed by atoms with Crippen molar-refractivity contribution in [3.8, 4) is 11.8 Å². The van der Waals surface area contributed by atoms with Crippen LogP contribution in [0.5, 0.6) is 11.8 Å². The van der Waals surface area contributed by atoms with Gasteiger partial charge in [-0.2, -0.15) is 15.1 Å². The number of nitrogens with one attached hydrogen (secondary N) is 1. The van der Waals surface area contributed by atoms with Gasteiger partial charge in [0.2, 0.25) is 17.7 Å². The van der Waals surface area contributed by atoms with Gasteiger partial charge < -0.3 is 15.8 Å². The van der Waals surface area contributed by atoms with Crippen LogP contribution in [0.25, 0.3) is 0 Å². The lowest BCUT2D eigenvalue weighted by atomic mass is 10.5. The summed E-state index contributed by atoms with van der Waals surface area (Å²) in [5.74, 6) is 1.74. The maximum atomic E-state index is 5.58. The van der Waals surface area contributed by atoms with Crippen LogP contribution in [0.3, 0.4) is 0 Å². The largest absolute Gasteiger partial charge is 0.421 e. The Kier molecular flexibility index (Phi) is 2.82.